The number of hydrogen-bond donors (Lipinski definition) is 3. The van der Waals surface area contributed by atoms with E-state index in [9.17, 15) is 13.2 Å². The molecular formula is C23H24N8O3S. The van der Waals surface area contributed by atoms with Gasteiger partial charge in [0.15, 0.2) is 11.6 Å². The summed E-state index contributed by atoms with van der Waals surface area (Å²) in [6, 6.07) is 15.7. The Hall–Kier alpha value is -4.32. The third-order valence-corrected chi connectivity index (χ3v) is 5.69. The second-order valence-corrected chi connectivity index (χ2v) is 9.49. The molecule has 35 heavy (non-hydrogen) atoms. The van der Waals surface area contributed by atoms with Crippen LogP contribution in [0, 0.1) is 0 Å². The fourth-order valence-corrected chi connectivity index (χ4v) is 3.96. The molecule has 0 spiro atoms. The average Bonchev–Trinajstić information content (AvgIpc) is 3.22. The van der Waals surface area contributed by atoms with Crippen LogP contribution in [-0.2, 0) is 30.2 Å². The Morgan fingerprint density at radius 3 is 2.63 bits per heavy atom. The first kappa shape index (κ1) is 23.8. The van der Waals surface area contributed by atoms with Gasteiger partial charge in [0, 0.05) is 31.0 Å². The molecule has 0 saturated heterocycles. The number of rotatable bonds is 9. The number of nitrogens with zero attached hydrogens (tertiary/aromatic N) is 5. The summed E-state index contributed by atoms with van der Waals surface area (Å²) in [5.74, 6) is 1.04. The van der Waals surface area contributed by atoms with E-state index in [0.29, 0.717) is 40.7 Å². The maximum absolute atomic E-state index is 12.7. The van der Waals surface area contributed by atoms with Gasteiger partial charge in [-0.25, -0.2) is 18.4 Å². The first-order valence-corrected chi connectivity index (χ1v) is 12.5. The Balaban J connectivity index is 1.39. The smallest absolute Gasteiger partial charge is 0.251 e. The number of aromatic nitrogens is 5. The molecule has 0 aliphatic carbocycles. The van der Waals surface area contributed by atoms with Crippen molar-refractivity contribution in [1.29, 1.82) is 0 Å². The van der Waals surface area contributed by atoms with Gasteiger partial charge in [0.2, 0.25) is 10.0 Å². The van der Waals surface area contributed by atoms with Crippen molar-refractivity contribution in [2.45, 2.75) is 13.1 Å². The molecule has 12 heteroatoms. The zero-order valence-corrected chi connectivity index (χ0v) is 20.0. The van der Waals surface area contributed by atoms with E-state index in [-0.39, 0.29) is 12.5 Å². The summed E-state index contributed by atoms with van der Waals surface area (Å²) in [7, 11) is -1.58. The molecule has 180 valence electrons. The largest absolute Gasteiger partial charge is 0.378 e. The average molecular weight is 493 g/mol. The summed E-state index contributed by atoms with van der Waals surface area (Å²) in [5, 5.41) is 14.5. The van der Waals surface area contributed by atoms with Crippen molar-refractivity contribution in [1.82, 2.24) is 30.0 Å². The number of anilines is 2. The lowest BCUT2D eigenvalue weighted by Crippen LogP contribution is -2.24. The van der Waals surface area contributed by atoms with Crippen LogP contribution < -0.4 is 15.4 Å². The van der Waals surface area contributed by atoms with E-state index >= 15 is 0 Å². The third kappa shape index (κ3) is 6.18. The molecule has 1 amide bonds. The van der Waals surface area contributed by atoms with Crippen molar-refractivity contribution in [2.75, 3.05) is 16.3 Å². The molecule has 2 heterocycles. The Morgan fingerprint density at radius 2 is 1.86 bits per heavy atom. The summed E-state index contributed by atoms with van der Waals surface area (Å²) in [6.07, 6.45) is 4.18. The van der Waals surface area contributed by atoms with Crippen LogP contribution in [0.15, 0.2) is 67.1 Å². The van der Waals surface area contributed by atoms with Gasteiger partial charge >= 0.3 is 0 Å². The summed E-state index contributed by atoms with van der Waals surface area (Å²) in [6.45, 7) is 0.560. The summed E-state index contributed by atoms with van der Waals surface area (Å²) in [5.41, 5.74) is 2.96. The van der Waals surface area contributed by atoms with Crippen molar-refractivity contribution in [3.8, 4) is 11.5 Å². The van der Waals surface area contributed by atoms with Gasteiger partial charge in [-0.1, -0.05) is 24.3 Å². The number of sulfonamides is 1. The Bertz CT molecular complexity index is 1440. The fraction of sp³-hybridized carbons (Fsp3) is 0.174. The summed E-state index contributed by atoms with van der Waals surface area (Å²) in [4.78, 5) is 20.9. The summed E-state index contributed by atoms with van der Waals surface area (Å²) >= 11 is 0. The van der Waals surface area contributed by atoms with Gasteiger partial charge in [0.05, 0.1) is 18.5 Å². The van der Waals surface area contributed by atoms with Gasteiger partial charge in [-0.3, -0.25) is 9.52 Å². The highest BCUT2D eigenvalue weighted by Gasteiger charge is 2.13. The third-order valence-electron chi connectivity index (χ3n) is 5.10. The van der Waals surface area contributed by atoms with Crippen molar-refractivity contribution < 1.29 is 13.2 Å². The van der Waals surface area contributed by atoms with Crippen molar-refractivity contribution in [3.63, 3.8) is 0 Å². The molecule has 0 unspecified atom stereocenters. The molecule has 0 aliphatic heterocycles. The van der Waals surface area contributed by atoms with Crippen LogP contribution in [0.5, 0.6) is 0 Å². The number of para-hydroxylation sites is 1. The zero-order chi connectivity index (χ0) is 24.8. The molecule has 4 rings (SSSR count). The molecule has 0 saturated carbocycles. The maximum Gasteiger partial charge on any atom is 0.251 e. The number of hydrogen-bond acceptors (Lipinski definition) is 8. The molecular weight excluding hydrogens is 468 g/mol. The molecule has 4 aromatic rings. The first-order chi connectivity index (χ1) is 16.8. The Kier molecular flexibility index (Phi) is 7.01. The highest BCUT2D eigenvalue weighted by Crippen LogP contribution is 2.18. The number of amides is 1. The second-order valence-electron chi connectivity index (χ2n) is 7.74. The topological polar surface area (TPSA) is 144 Å². The number of carbonyl (C=O) groups is 1. The molecule has 2 aromatic heterocycles. The number of benzene rings is 2. The van der Waals surface area contributed by atoms with Crippen LogP contribution in [0.2, 0.25) is 0 Å². The number of nitrogens with one attached hydrogen (secondary N) is 3. The van der Waals surface area contributed by atoms with Gasteiger partial charge in [-0.2, -0.15) is 0 Å². The van der Waals surface area contributed by atoms with Crippen molar-refractivity contribution in [3.05, 3.63) is 84.1 Å². The Morgan fingerprint density at radius 1 is 1.03 bits per heavy atom. The Labute approximate surface area is 202 Å². The number of carbonyl (C=O) groups excluding carboxylic acids is 1. The van der Waals surface area contributed by atoms with Crippen molar-refractivity contribution in [2.24, 2.45) is 7.05 Å². The van der Waals surface area contributed by atoms with Crippen LogP contribution in [0.25, 0.3) is 11.5 Å². The van der Waals surface area contributed by atoms with Gasteiger partial charge in [0.1, 0.15) is 12.0 Å². The van der Waals surface area contributed by atoms with E-state index in [0.717, 1.165) is 11.9 Å². The first-order valence-electron chi connectivity index (χ1n) is 10.6. The molecule has 2 aromatic carbocycles. The lowest BCUT2D eigenvalue weighted by Gasteiger charge is -2.12. The van der Waals surface area contributed by atoms with E-state index in [1.165, 1.54) is 6.33 Å². The molecule has 0 atom stereocenters. The molecule has 0 fully saturated rings. The predicted octanol–water partition coefficient (Wildman–Crippen LogP) is 2.19. The lowest BCUT2D eigenvalue weighted by atomic mass is 10.1. The molecule has 3 N–H and O–H groups in total. The minimum atomic E-state index is -3.43. The highest BCUT2D eigenvalue weighted by molar-refractivity contribution is 7.92. The minimum Gasteiger partial charge on any atom is -0.378 e. The van der Waals surface area contributed by atoms with E-state index in [4.69, 9.17) is 0 Å². The van der Waals surface area contributed by atoms with E-state index in [2.05, 4.69) is 35.5 Å². The van der Waals surface area contributed by atoms with Gasteiger partial charge in [-0.15, -0.1) is 10.2 Å². The quantitative estimate of drug-likeness (QED) is 0.323. The molecule has 0 radical (unpaired) electrons. The fourth-order valence-electron chi connectivity index (χ4n) is 3.36. The molecule has 0 aliphatic rings. The standard InChI is InChI=1S/C23H24N8O3S/c1-31-21(28-29-22(31)20-10-11-24-15-27-20)14-25-18-8-5-7-16(12-18)23(32)26-13-17-6-3-4-9-19(17)30-35(2,33)34/h3-12,15,25,30H,13-14H2,1-2H3,(H,26,32). The van der Waals surface area contributed by atoms with E-state index < -0.39 is 10.0 Å². The van der Waals surface area contributed by atoms with E-state index in [1.54, 1.807) is 54.7 Å². The molecule has 0 bridgehead atoms. The minimum absolute atomic E-state index is 0.167. The van der Waals surface area contributed by atoms with E-state index in [1.807, 2.05) is 17.7 Å². The van der Waals surface area contributed by atoms with Crippen LogP contribution >= 0.6 is 0 Å². The zero-order valence-electron chi connectivity index (χ0n) is 19.1. The summed E-state index contributed by atoms with van der Waals surface area (Å²) < 4.78 is 27.5. The van der Waals surface area contributed by atoms with Gasteiger partial charge in [-0.05, 0) is 35.9 Å². The van der Waals surface area contributed by atoms with Crippen LogP contribution in [0.1, 0.15) is 21.7 Å². The van der Waals surface area contributed by atoms with Crippen LogP contribution in [0.3, 0.4) is 0 Å². The van der Waals surface area contributed by atoms with Gasteiger partial charge in [0.25, 0.3) is 5.91 Å². The van der Waals surface area contributed by atoms with Crippen LogP contribution in [-0.4, -0.2) is 45.3 Å². The molecule has 11 nitrogen and oxygen atoms in total. The maximum atomic E-state index is 12.7. The highest BCUT2D eigenvalue weighted by atomic mass is 32.2. The monoisotopic (exact) mass is 492 g/mol. The van der Waals surface area contributed by atoms with Crippen LogP contribution in [0.4, 0.5) is 11.4 Å². The van der Waals surface area contributed by atoms with Gasteiger partial charge < -0.3 is 15.2 Å². The second kappa shape index (κ2) is 10.3. The predicted molar refractivity (Wildman–Crippen MR) is 132 cm³/mol. The van der Waals surface area contributed by atoms with Crippen molar-refractivity contribution >= 4 is 27.3 Å². The SMILES string of the molecule is Cn1c(CNc2cccc(C(=O)NCc3ccccc3NS(C)(=O)=O)c2)nnc1-c1ccncn1. The lowest BCUT2D eigenvalue weighted by molar-refractivity contribution is 0.0951. The normalized spacial score (nSPS) is 11.1.